The monoisotopic (exact) mass is 274 g/mol. The molecule has 1 aromatic rings. The third kappa shape index (κ3) is 3.49. The lowest BCUT2D eigenvalue weighted by atomic mass is 9.87. The van der Waals surface area contributed by atoms with Gasteiger partial charge >= 0.3 is 0 Å². The molecule has 1 atom stereocenters. The van der Waals surface area contributed by atoms with Crippen LogP contribution in [-0.2, 0) is 5.88 Å². The summed E-state index contributed by atoms with van der Waals surface area (Å²) in [5, 5.41) is 0.626. The van der Waals surface area contributed by atoms with E-state index in [1.165, 1.54) is 0 Å². The topological polar surface area (TPSA) is 16.1 Å². The molecule has 17 heavy (non-hydrogen) atoms. The predicted molar refractivity (Wildman–Crippen MR) is 76.1 cm³/mol. The van der Waals surface area contributed by atoms with E-state index in [4.69, 9.17) is 23.2 Å². The maximum Gasteiger partial charge on any atom is 0.128 e. The van der Waals surface area contributed by atoms with Crippen molar-refractivity contribution >= 4 is 29.0 Å². The van der Waals surface area contributed by atoms with E-state index in [0.29, 0.717) is 16.9 Å². The Labute approximate surface area is 114 Å². The number of hydrogen-bond donors (Lipinski definition) is 0. The molecule has 96 valence electrons. The Morgan fingerprint density at radius 3 is 2.41 bits per heavy atom. The lowest BCUT2D eigenvalue weighted by Gasteiger charge is -2.36. The molecule has 0 bridgehead atoms. The van der Waals surface area contributed by atoms with Gasteiger partial charge in [-0.05, 0) is 24.5 Å². The van der Waals surface area contributed by atoms with Gasteiger partial charge in [-0.1, -0.05) is 32.4 Å². The molecule has 0 amide bonds. The minimum absolute atomic E-state index is 0.192. The summed E-state index contributed by atoms with van der Waals surface area (Å²) in [5.74, 6) is 1.25. The largest absolute Gasteiger partial charge is 0.356 e. The van der Waals surface area contributed by atoms with Crippen LogP contribution in [0.4, 0.5) is 5.82 Å². The molecule has 1 unspecified atom stereocenters. The highest BCUT2D eigenvalue weighted by Gasteiger charge is 2.24. The Bertz CT molecular complexity index is 385. The van der Waals surface area contributed by atoms with Crippen molar-refractivity contribution in [2.45, 2.75) is 39.6 Å². The molecule has 0 aliphatic rings. The predicted octanol–water partition coefficient (Wildman–Crippen LogP) is 4.34. The quantitative estimate of drug-likeness (QED) is 0.763. The number of pyridine rings is 1. The van der Waals surface area contributed by atoms with Gasteiger partial charge in [0.1, 0.15) is 5.82 Å². The summed E-state index contributed by atoms with van der Waals surface area (Å²) in [6.07, 6.45) is 0. The Morgan fingerprint density at radius 1 is 1.35 bits per heavy atom. The molecule has 4 heteroatoms. The highest BCUT2D eigenvalue weighted by Crippen LogP contribution is 2.27. The van der Waals surface area contributed by atoms with Gasteiger partial charge in [0.05, 0.1) is 16.6 Å². The number of hydrogen-bond acceptors (Lipinski definition) is 2. The first kappa shape index (κ1) is 14.6. The van der Waals surface area contributed by atoms with Crippen LogP contribution in [0.25, 0.3) is 0 Å². The summed E-state index contributed by atoms with van der Waals surface area (Å²) in [4.78, 5) is 6.65. The van der Waals surface area contributed by atoms with Crippen molar-refractivity contribution in [3.63, 3.8) is 0 Å². The summed E-state index contributed by atoms with van der Waals surface area (Å²) in [7, 11) is 2.05. The maximum absolute atomic E-state index is 6.01. The van der Waals surface area contributed by atoms with E-state index in [-0.39, 0.29) is 5.41 Å². The first-order valence-electron chi connectivity index (χ1n) is 5.71. The zero-order chi connectivity index (χ0) is 13.2. The Morgan fingerprint density at radius 2 is 1.94 bits per heavy atom. The molecule has 0 spiro atoms. The molecule has 0 N–H and O–H groups in total. The van der Waals surface area contributed by atoms with E-state index < -0.39 is 0 Å². The van der Waals surface area contributed by atoms with Gasteiger partial charge in [0, 0.05) is 13.1 Å². The molecule has 0 saturated carbocycles. The molecule has 2 nitrogen and oxygen atoms in total. The molecule has 0 aromatic carbocycles. The second kappa shape index (κ2) is 5.45. The van der Waals surface area contributed by atoms with Crippen LogP contribution in [0.3, 0.4) is 0 Å². The van der Waals surface area contributed by atoms with Gasteiger partial charge < -0.3 is 4.90 Å². The summed E-state index contributed by atoms with van der Waals surface area (Å²) in [6.45, 7) is 8.84. The standard InChI is InChI=1S/C13H20Cl2N2/c1-9(13(2,3)4)17(5)12-7-6-10(15)11(8-14)16-12/h6-7,9H,8H2,1-5H3. The maximum atomic E-state index is 6.01. The molecule has 1 rings (SSSR count). The number of halogens is 2. The van der Waals surface area contributed by atoms with Crippen molar-refractivity contribution in [3.05, 3.63) is 22.8 Å². The van der Waals surface area contributed by atoms with Gasteiger partial charge in [0.15, 0.2) is 0 Å². The first-order valence-corrected chi connectivity index (χ1v) is 6.63. The van der Waals surface area contributed by atoms with Gasteiger partial charge in [-0.2, -0.15) is 0 Å². The molecule has 0 aliphatic carbocycles. The third-order valence-electron chi connectivity index (χ3n) is 3.23. The van der Waals surface area contributed by atoms with Crippen LogP contribution in [0.5, 0.6) is 0 Å². The second-order valence-electron chi connectivity index (χ2n) is 5.38. The fraction of sp³-hybridized carbons (Fsp3) is 0.615. The van der Waals surface area contributed by atoms with E-state index in [1.807, 2.05) is 19.2 Å². The summed E-state index contributed by atoms with van der Waals surface area (Å²) in [6, 6.07) is 4.16. The number of anilines is 1. The minimum Gasteiger partial charge on any atom is -0.356 e. The van der Waals surface area contributed by atoms with Crippen LogP contribution in [-0.4, -0.2) is 18.1 Å². The first-order chi connectivity index (χ1) is 7.77. The molecule has 0 saturated heterocycles. The van der Waals surface area contributed by atoms with Crippen molar-refractivity contribution in [2.75, 3.05) is 11.9 Å². The summed E-state index contributed by atoms with van der Waals surface area (Å²) < 4.78 is 0. The van der Waals surface area contributed by atoms with Crippen LogP contribution in [0.2, 0.25) is 5.02 Å². The Balaban J connectivity index is 3.00. The molecule has 0 radical (unpaired) electrons. The van der Waals surface area contributed by atoms with Gasteiger partial charge in [0.25, 0.3) is 0 Å². The van der Waals surface area contributed by atoms with Crippen molar-refractivity contribution < 1.29 is 0 Å². The zero-order valence-electron chi connectivity index (χ0n) is 11.1. The molecule has 0 aliphatic heterocycles. The van der Waals surface area contributed by atoms with E-state index in [1.54, 1.807) is 0 Å². The van der Waals surface area contributed by atoms with Gasteiger partial charge in [-0.15, -0.1) is 11.6 Å². The molecular formula is C13H20Cl2N2. The SMILES string of the molecule is CC(N(C)c1ccc(Cl)c(CCl)n1)C(C)(C)C. The van der Waals surface area contributed by atoms with Crippen LogP contribution < -0.4 is 4.90 Å². The van der Waals surface area contributed by atoms with E-state index in [9.17, 15) is 0 Å². The Hall–Kier alpha value is -0.470. The summed E-state index contributed by atoms with van der Waals surface area (Å²) >= 11 is 11.8. The minimum atomic E-state index is 0.192. The van der Waals surface area contributed by atoms with Gasteiger partial charge in [-0.3, -0.25) is 0 Å². The number of nitrogens with zero attached hydrogens (tertiary/aromatic N) is 2. The smallest absolute Gasteiger partial charge is 0.128 e. The molecule has 1 aromatic heterocycles. The average Bonchev–Trinajstić information content (AvgIpc) is 2.26. The van der Waals surface area contributed by atoms with E-state index in [0.717, 1.165) is 11.5 Å². The van der Waals surface area contributed by atoms with Crippen molar-refractivity contribution in [3.8, 4) is 0 Å². The highest BCUT2D eigenvalue weighted by atomic mass is 35.5. The fourth-order valence-corrected chi connectivity index (χ4v) is 1.99. The van der Waals surface area contributed by atoms with Crippen molar-refractivity contribution in [2.24, 2.45) is 5.41 Å². The van der Waals surface area contributed by atoms with Crippen LogP contribution in [0, 0.1) is 5.41 Å². The van der Waals surface area contributed by atoms with Crippen molar-refractivity contribution in [1.82, 2.24) is 4.98 Å². The molecule has 1 heterocycles. The second-order valence-corrected chi connectivity index (χ2v) is 6.06. The summed E-state index contributed by atoms with van der Waals surface area (Å²) in [5.41, 5.74) is 0.927. The molecular weight excluding hydrogens is 255 g/mol. The normalized spacial score (nSPS) is 13.6. The van der Waals surface area contributed by atoms with Gasteiger partial charge in [0.2, 0.25) is 0 Å². The molecule has 0 fully saturated rings. The fourth-order valence-electron chi connectivity index (χ4n) is 1.54. The van der Waals surface area contributed by atoms with E-state index >= 15 is 0 Å². The third-order valence-corrected chi connectivity index (χ3v) is 3.82. The van der Waals surface area contributed by atoms with Crippen LogP contribution >= 0.6 is 23.2 Å². The number of alkyl halides is 1. The number of aromatic nitrogens is 1. The van der Waals surface area contributed by atoms with Crippen LogP contribution in [0.1, 0.15) is 33.4 Å². The lowest BCUT2D eigenvalue weighted by molar-refractivity contribution is 0.328. The van der Waals surface area contributed by atoms with E-state index in [2.05, 4.69) is 37.6 Å². The Kier molecular flexibility index (Phi) is 4.68. The average molecular weight is 275 g/mol. The highest BCUT2D eigenvalue weighted by molar-refractivity contribution is 6.32. The number of rotatable bonds is 3. The lowest BCUT2D eigenvalue weighted by Crippen LogP contribution is -2.39. The van der Waals surface area contributed by atoms with Crippen molar-refractivity contribution in [1.29, 1.82) is 0 Å². The van der Waals surface area contributed by atoms with Crippen LogP contribution in [0.15, 0.2) is 12.1 Å². The van der Waals surface area contributed by atoms with Gasteiger partial charge in [-0.25, -0.2) is 4.98 Å². The zero-order valence-corrected chi connectivity index (χ0v) is 12.6.